The fraction of sp³-hybridized carbons (Fsp3) is 0.857. The van der Waals surface area contributed by atoms with Crippen LogP contribution < -0.4 is 0 Å². The summed E-state index contributed by atoms with van der Waals surface area (Å²) in [6.07, 6.45) is 1.50. The van der Waals surface area contributed by atoms with Gasteiger partial charge >= 0.3 is 11.9 Å². The third-order valence-corrected chi connectivity index (χ3v) is 6.75. The van der Waals surface area contributed by atoms with Crippen LogP contribution in [0.4, 0.5) is 0 Å². The van der Waals surface area contributed by atoms with E-state index in [0.717, 1.165) is 12.8 Å². The summed E-state index contributed by atoms with van der Waals surface area (Å²) in [6.45, 7) is 0.289. The number of hydrogen-bond acceptors (Lipinski definition) is 7. The van der Waals surface area contributed by atoms with Crippen LogP contribution in [0.25, 0.3) is 0 Å². The molecule has 0 aromatic rings. The Morgan fingerprint density at radius 1 is 1.04 bits per heavy atom. The molecule has 4 unspecified atom stereocenters. The van der Waals surface area contributed by atoms with Crippen molar-refractivity contribution in [1.29, 1.82) is 0 Å². The first-order chi connectivity index (χ1) is 10.7. The van der Waals surface area contributed by atoms with Gasteiger partial charge in [0.25, 0.3) is 0 Å². The van der Waals surface area contributed by atoms with E-state index in [-0.39, 0.29) is 24.4 Å². The highest BCUT2D eigenvalue weighted by Crippen LogP contribution is 2.46. The van der Waals surface area contributed by atoms with Gasteiger partial charge in [-0.2, -0.15) is 0 Å². The maximum Gasteiger partial charge on any atom is 0.311 e. The molecule has 2 rings (SSSR count). The highest BCUT2D eigenvalue weighted by atomic mass is 32.2. The van der Waals surface area contributed by atoms with Crippen LogP contribution in [0.3, 0.4) is 0 Å². The molecule has 8 nitrogen and oxygen atoms in total. The Labute approximate surface area is 136 Å². The zero-order valence-electron chi connectivity index (χ0n) is 13.9. The van der Waals surface area contributed by atoms with Gasteiger partial charge in [-0.05, 0) is 12.8 Å². The molecule has 4 atom stereocenters. The number of fused-ring (bicyclic) bond motifs is 2. The van der Waals surface area contributed by atoms with Crippen LogP contribution in [-0.2, 0) is 29.1 Å². The van der Waals surface area contributed by atoms with E-state index in [0.29, 0.717) is 0 Å². The summed E-state index contributed by atoms with van der Waals surface area (Å²) in [4.78, 5) is 26.2. The Hall–Kier alpha value is -1.19. The first-order valence-corrected chi connectivity index (χ1v) is 9.17. The van der Waals surface area contributed by atoms with E-state index in [4.69, 9.17) is 9.47 Å². The molecule has 23 heavy (non-hydrogen) atoms. The first kappa shape index (κ1) is 18.2. The summed E-state index contributed by atoms with van der Waals surface area (Å²) in [5.41, 5.74) is 0. The van der Waals surface area contributed by atoms with Gasteiger partial charge in [0.05, 0.1) is 31.8 Å². The van der Waals surface area contributed by atoms with Crippen molar-refractivity contribution in [2.45, 2.75) is 24.9 Å². The van der Waals surface area contributed by atoms with Crippen LogP contribution in [0.5, 0.6) is 0 Å². The number of carbonyl (C=O) groups excluding carboxylic acids is 2. The Bertz CT molecular complexity index is 546. The lowest BCUT2D eigenvalue weighted by Gasteiger charge is -2.24. The van der Waals surface area contributed by atoms with E-state index in [9.17, 15) is 18.0 Å². The third-order valence-electron chi connectivity index (χ3n) is 4.94. The van der Waals surface area contributed by atoms with Crippen LogP contribution in [-0.4, -0.2) is 82.3 Å². The van der Waals surface area contributed by atoms with Crippen LogP contribution in [0.15, 0.2) is 0 Å². The lowest BCUT2D eigenvalue weighted by molar-refractivity contribution is -0.157. The van der Waals surface area contributed by atoms with Gasteiger partial charge in [0.2, 0.25) is 10.0 Å². The molecule has 0 aromatic carbocycles. The van der Waals surface area contributed by atoms with Crippen LogP contribution >= 0.6 is 0 Å². The number of esters is 2. The van der Waals surface area contributed by atoms with Crippen molar-refractivity contribution in [1.82, 2.24) is 9.21 Å². The number of methoxy groups -OCH3 is 2. The molecule has 0 radical (unpaired) electrons. The second-order valence-corrected chi connectivity index (χ2v) is 8.45. The van der Waals surface area contributed by atoms with Gasteiger partial charge in [-0.15, -0.1) is 0 Å². The SMILES string of the molecule is COC(=O)C1C(C(=O)OC)C2CCC1N2CCS(=O)(=O)N(C)C. The molecular weight excluding hydrogens is 324 g/mol. The topological polar surface area (TPSA) is 93.2 Å². The minimum absolute atomic E-state index is 0.0468. The largest absolute Gasteiger partial charge is 0.469 e. The molecule has 0 aromatic heterocycles. The molecule has 2 heterocycles. The fourth-order valence-corrected chi connectivity index (χ4v) is 4.59. The average molecular weight is 348 g/mol. The van der Waals surface area contributed by atoms with Crippen molar-refractivity contribution in [3.63, 3.8) is 0 Å². The number of sulfonamides is 1. The lowest BCUT2D eigenvalue weighted by Crippen LogP contribution is -2.39. The maximum absolute atomic E-state index is 12.1. The predicted octanol–water partition coefficient (Wildman–Crippen LogP) is -0.697. The van der Waals surface area contributed by atoms with Crippen LogP contribution in [0, 0.1) is 11.8 Å². The average Bonchev–Trinajstić information content (AvgIpc) is 3.06. The van der Waals surface area contributed by atoms with Crippen LogP contribution in [0.1, 0.15) is 12.8 Å². The van der Waals surface area contributed by atoms with Crippen LogP contribution in [0.2, 0.25) is 0 Å². The summed E-state index contributed by atoms with van der Waals surface area (Å²) in [5.74, 6) is -2.10. The molecule has 0 amide bonds. The summed E-state index contributed by atoms with van der Waals surface area (Å²) >= 11 is 0. The highest BCUT2D eigenvalue weighted by Gasteiger charge is 2.59. The summed E-state index contributed by atoms with van der Waals surface area (Å²) < 4.78 is 34.8. The van der Waals surface area contributed by atoms with Gasteiger partial charge in [0.1, 0.15) is 0 Å². The number of nitrogens with zero attached hydrogens (tertiary/aromatic N) is 2. The fourth-order valence-electron chi connectivity index (χ4n) is 3.78. The Balaban J connectivity index is 2.20. The molecule has 0 aliphatic carbocycles. The molecule has 0 saturated carbocycles. The quantitative estimate of drug-likeness (QED) is 0.586. The molecule has 2 bridgehead atoms. The van der Waals surface area contributed by atoms with Crippen molar-refractivity contribution in [3.05, 3.63) is 0 Å². The van der Waals surface area contributed by atoms with Gasteiger partial charge in [-0.3, -0.25) is 14.5 Å². The molecular formula is C14H24N2O6S. The van der Waals surface area contributed by atoms with E-state index in [1.807, 2.05) is 4.90 Å². The zero-order chi connectivity index (χ0) is 17.4. The maximum atomic E-state index is 12.1. The van der Waals surface area contributed by atoms with Crippen molar-refractivity contribution < 1.29 is 27.5 Å². The predicted molar refractivity (Wildman–Crippen MR) is 82.0 cm³/mol. The highest BCUT2D eigenvalue weighted by molar-refractivity contribution is 7.89. The van der Waals surface area contributed by atoms with Gasteiger partial charge in [0, 0.05) is 32.7 Å². The molecule has 2 saturated heterocycles. The zero-order valence-corrected chi connectivity index (χ0v) is 14.7. The Morgan fingerprint density at radius 3 is 1.83 bits per heavy atom. The lowest BCUT2D eigenvalue weighted by atomic mass is 9.79. The van der Waals surface area contributed by atoms with E-state index in [1.54, 1.807) is 0 Å². The summed E-state index contributed by atoms with van der Waals surface area (Å²) in [5, 5.41) is 0. The van der Waals surface area contributed by atoms with E-state index < -0.39 is 33.8 Å². The molecule has 9 heteroatoms. The number of rotatable bonds is 6. The normalized spacial score (nSPS) is 30.7. The first-order valence-electron chi connectivity index (χ1n) is 7.56. The van der Waals surface area contributed by atoms with Crippen molar-refractivity contribution >= 4 is 22.0 Å². The molecule has 0 spiro atoms. The molecule has 0 N–H and O–H groups in total. The van der Waals surface area contributed by atoms with Crippen molar-refractivity contribution in [2.24, 2.45) is 11.8 Å². The second-order valence-electron chi connectivity index (χ2n) is 6.15. The minimum Gasteiger partial charge on any atom is -0.469 e. The molecule has 2 fully saturated rings. The minimum atomic E-state index is -3.33. The van der Waals surface area contributed by atoms with Gasteiger partial charge in [-0.25, -0.2) is 12.7 Å². The second kappa shape index (κ2) is 6.74. The summed E-state index contributed by atoms with van der Waals surface area (Å²) in [7, 11) is 2.24. The molecule has 2 aliphatic heterocycles. The molecule has 132 valence electrons. The number of carbonyl (C=O) groups is 2. The van der Waals surface area contributed by atoms with E-state index in [2.05, 4.69) is 0 Å². The monoisotopic (exact) mass is 348 g/mol. The van der Waals surface area contributed by atoms with Crippen molar-refractivity contribution in [2.75, 3.05) is 40.6 Å². The van der Waals surface area contributed by atoms with E-state index in [1.165, 1.54) is 32.6 Å². The Kier molecular flexibility index (Phi) is 5.32. The third kappa shape index (κ3) is 3.22. The van der Waals surface area contributed by atoms with Gasteiger partial charge in [0.15, 0.2) is 0 Å². The Morgan fingerprint density at radius 2 is 1.48 bits per heavy atom. The van der Waals surface area contributed by atoms with Crippen molar-refractivity contribution in [3.8, 4) is 0 Å². The standard InChI is InChI=1S/C14H24N2O6S/c1-15(2)23(19,20)8-7-16-9-5-6-10(16)12(14(18)22-4)11(9)13(17)21-3/h9-12H,5-8H2,1-4H3. The van der Waals surface area contributed by atoms with Gasteiger partial charge < -0.3 is 9.47 Å². The molecule has 2 aliphatic rings. The smallest absolute Gasteiger partial charge is 0.311 e. The number of ether oxygens (including phenoxy) is 2. The van der Waals surface area contributed by atoms with E-state index >= 15 is 0 Å². The summed E-state index contributed by atoms with van der Waals surface area (Å²) in [6, 6.07) is -0.345. The number of hydrogen-bond donors (Lipinski definition) is 0. The van der Waals surface area contributed by atoms with Gasteiger partial charge in [-0.1, -0.05) is 0 Å².